The third kappa shape index (κ3) is 3.86. The Bertz CT molecular complexity index is 613. The summed E-state index contributed by atoms with van der Waals surface area (Å²) in [5.74, 6) is -0.187. The van der Waals surface area contributed by atoms with Crippen LogP contribution in [0.15, 0.2) is 36.4 Å². The van der Waals surface area contributed by atoms with E-state index in [1.54, 1.807) is 19.1 Å². The molecule has 0 aliphatic heterocycles. The molecule has 1 unspecified atom stereocenters. The van der Waals surface area contributed by atoms with E-state index < -0.39 is 0 Å². The molecule has 1 aromatic heterocycles. The first-order valence-corrected chi connectivity index (χ1v) is 7.10. The molecule has 0 fully saturated rings. The number of benzene rings is 1. The van der Waals surface area contributed by atoms with Crippen molar-refractivity contribution in [3.63, 3.8) is 0 Å². The smallest absolute Gasteiger partial charge is 0.126 e. The number of aromatic nitrogens is 1. The number of likely N-dealkylation sites (N-methyl/N-ethyl adjacent to an activating group) is 1. The molecule has 112 valence electrons. The van der Waals surface area contributed by atoms with E-state index in [1.807, 2.05) is 38.2 Å². The largest absolute Gasteiger partial charge is 0.329 e. The second-order valence-corrected chi connectivity index (χ2v) is 5.45. The van der Waals surface area contributed by atoms with Crippen LogP contribution in [0.2, 0.25) is 0 Å². The predicted molar refractivity (Wildman–Crippen MR) is 83.4 cm³/mol. The fourth-order valence-electron chi connectivity index (χ4n) is 2.44. The van der Waals surface area contributed by atoms with Crippen LogP contribution in [-0.2, 0) is 6.54 Å². The molecule has 0 bridgehead atoms. The minimum Gasteiger partial charge on any atom is -0.329 e. The van der Waals surface area contributed by atoms with Gasteiger partial charge in [-0.15, -0.1) is 0 Å². The molecule has 1 atom stereocenters. The van der Waals surface area contributed by atoms with Gasteiger partial charge in [-0.2, -0.15) is 0 Å². The van der Waals surface area contributed by atoms with E-state index in [-0.39, 0.29) is 11.9 Å². The molecule has 3 nitrogen and oxygen atoms in total. The number of pyridine rings is 1. The average molecular weight is 287 g/mol. The van der Waals surface area contributed by atoms with Crippen molar-refractivity contribution in [3.05, 3.63) is 64.7 Å². The van der Waals surface area contributed by atoms with Crippen LogP contribution < -0.4 is 5.73 Å². The highest BCUT2D eigenvalue weighted by molar-refractivity contribution is 5.26. The predicted octanol–water partition coefficient (Wildman–Crippen LogP) is 2.97. The zero-order valence-corrected chi connectivity index (χ0v) is 12.8. The van der Waals surface area contributed by atoms with Crippen molar-refractivity contribution in [2.45, 2.75) is 26.4 Å². The molecule has 0 amide bonds. The molecule has 0 spiro atoms. The van der Waals surface area contributed by atoms with E-state index in [2.05, 4.69) is 9.88 Å². The Kier molecular flexibility index (Phi) is 5.04. The molecule has 0 aliphatic rings. The number of hydrogen-bond acceptors (Lipinski definition) is 3. The second-order valence-electron chi connectivity index (χ2n) is 5.45. The Balaban J connectivity index is 2.18. The number of halogens is 1. The topological polar surface area (TPSA) is 42.1 Å². The van der Waals surface area contributed by atoms with Gasteiger partial charge in [-0.3, -0.25) is 9.88 Å². The zero-order valence-electron chi connectivity index (χ0n) is 12.8. The standard InChI is InChI=1S/C17H22FN3/c1-12-7-8-14(9-16(12)18)17(10-19)21(3)11-15-6-4-5-13(2)20-15/h4-9,17H,10-11,19H2,1-3H3. The van der Waals surface area contributed by atoms with Crippen LogP contribution >= 0.6 is 0 Å². The summed E-state index contributed by atoms with van der Waals surface area (Å²) in [6.07, 6.45) is 0. The Morgan fingerprint density at radius 2 is 2.00 bits per heavy atom. The van der Waals surface area contributed by atoms with E-state index in [1.165, 1.54) is 0 Å². The number of rotatable bonds is 5. The molecule has 0 saturated heterocycles. The molecule has 0 saturated carbocycles. The first-order chi connectivity index (χ1) is 10.0. The number of aryl methyl sites for hydroxylation is 2. The lowest BCUT2D eigenvalue weighted by molar-refractivity contribution is 0.238. The monoisotopic (exact) mass is 287 g/mol. The van der Waals surface area contributed by atoms with Crippen molar-refractivity contribution in [3.8, 4) is 0 Å². The fourth-order valence-corrected chi connectivity index (χ4v) is 2.44. The summed E-state index contributed by atoms with van der Waals surface area (Å²) in [5.41, 5.74) is 9.42. The van der Waals surface area contributed by atoms with Gasteiger partial charge in [0.1, 0.15) is 5.82 Å². The van der Waals surface area contributed by atoms with Crippen molar-refractivity contribution < 1.29 is 4.39 Å². The van der Waals surface area contributed by atoms with E-state index in [0.29, 0.717) is 18.7 Å². The third-order valence-electron chi connectivity index (χ3n) is 3.69. The lowest BCUT2D eigenvalue weighted by Crippen LogP contribution is -2.30. The Hall–Kier alpha value is -1.78. The summed E-state index contributed by atoms with van der Waals surface area (Å²) in [4.78, 5) is 6.60. The van der Waals surface area contributed by atoms with Crippen LogP contribution in [-0.4, -0.2) is 23.5 Å². The van der Waals surface area contributed by atoms with Gasteiger partial charge in [-0.25, -0.2) is 4.39 Å². The molecule has 2 rings (SSSR count). The minimum atomic E-state index is -0.187. The van der Waals surface area contributed by atoms with Gasteiger partial charge < -0.3 is 5.73 Å². The maximum absolute atomic E-state index is 13.7. The summed E-state index contributed by atoms with van der Waals surface area (Å²) >= 11 is 0. The molecule has 4 heteroatoms. The zero-order chi connectivity index (χ0) is 15.4. The minimum absolute atomic E-state index is 0.0255. The highest BCUT2D eigenvalue weighted by Gasteiger charge is 2.17. The third-order valence-corrected chi connectivity index (χ3v) is 3.69. The SMILES string of the molecule is Cc1cccc(CN(C)C(CN)c2ccc(C)c(F)c2)n1. The lowest BCUT2D eigenvalue weighted by atomic mass is 10.0. The van der Waals surface area contributed by atoms with Gasteiger partial charge in [0.05, 0.1) is 5.69 Å². The molecule has 0 radical (unpaired) electrons. The molecule has 2 aromatic rings. The normalized spacial score (nSPS) is 12.7. The van der Waals surface area contributed by atoms with E-state index in [0.717, 1.165) is 17.0 Å². The van der Waals surface area contributed by atoms with Gasteiger partial charge in [-0.05, 0) is 50.2 Å². The van der Waals surface area contributed by atoms with Gasteiger partial charge in [0.2, 0.25) is 0 Å². The van der Waals surface area contributed by atoms with Crippen LogP contribution in [0.1, 0.15) is 28.6 Å². The summed E-state index contributed by atoms with van der Waals surface area (Å²) < 4.78 is 13.7. The highest BCUT2D eigenvalue weighted by Crippen LogP contribution is 2.22. The van der Waals surface area contributed by atoms with Crippen molar-refractivity contribution in [1.29, 1.82) is 0 Å². The molecule has 2 N–H and O–H groups in total. The summed E-state index contributed by atoms with van der Waals surface area (Å²) in [5, 5.41) is 0. The van der Waals surface area contributed by atoms with Gasteiger partial charge in [0, 0.05) is 24.8 Å². The molecule has 21 heavy (non-hydrogen) atoms. The van der Waals surface area contributed by atoms with Gasteiger partial charge in [0.15, 0.2) is 0 Å². The highest BCUT2D eigenvalue weighted by atomic mass is 19.1. The first kappa shape index (κ1) is 15.6. The molecule has 1 heterocycles. The number of nitrogens with zero attached hydrogens (tertiary/aromatic N) is 2. The quantitative estimate of drug-likeness (QED) is 0.919. The Morgan fingerprint density at radius 3 is 2.62 bits per heavy atom. The van der Waals surface area contributed by atoms with Crippen molar-refractivity contribution in [2.24, 2.45) is 5.73 Å². The molecular formula is C17H22FN3. The maximum Gasteiger partial charge on any atom is 0.126 e. The summed E-state index contributed by atoms with van der Waals surface area (Å²) in [6.45, 7) is 4.85. The molecule has 1 aromatic carbocycles. The van der Waals surface area contributed by atoms with Crippen molar-refractivity contribution in [1.82, 2.24) is 9.88 Å². The lowest BCUT2D eigenvalue weighted by Gasteiger charge is -2.27. The van der Waals surface area contributed by atoms with Crippen LogP contribution in [0.3, 0.4) is 0 Å². The van der Waals surface area contributed by atoms with Crippen LogP contribution in [0, 0.1) is 19.7 Å². The van der Waals surface area contributed by atoms with Gasteiger partial charge >= 0.3 is 0 Å². The number of nitrogens with two attached hydrogens (primary N) is 1. The second kappa shape index (κ2) is 6.78. The number of hydrogen-bond donors (Lipinski definition) is 1. The van der Waals surface area contributed by atoms with Crippen molar-refractivity contribution >= 4 is 0 Å². The van der Waals surface area contributed by atoms with Crippen LogP contribution in [0.25, 0.3) is 0 Å². The Morgan fingerprint density at radius 1 is 1.24 bits per heavy atom. The fraction of sp³-hybridized carbons (Fsp3) is 0.353. The van der Waals surface area contributed by atoms with E-state index >= 15 is 0 Å². The van der Waals surface area contributed by atoms with Crippen LogP contribution in [0.5, 0.6) is 0 Å². The Labute approximate surface area is 125 Å². The first-order valence-electron chi connectivity index (χ1n) is 7.10. The van der Waals surface area contributed by atoms with E-state index in [4.69, 9.17) is 5.73 Å². The van der Waals surface area contributed by atoms with Gasteiger partial charge in [-0.1, -0.05) is 18.2 Å². The average Bonchev–Trinajstić information content (AvgIpc) is 2.43. The molecule has 0 aliphatic carbocycles. The van der Waals surface area contributed by atoms with Crippen molar-refractivity contribution in [2.75, 3.05) is 13.6 Å². The van der Waals surface area contributed by atoms with E-state index in [9.17, 15) is 4.39 Å². The summed E-state index contributed by atoms with van der Waals surface area (Å²) in [7, 11) is 1.99. The maximum atomic E-state index is 13.7. The summed E-state index contributed by atoms with van der Waals surface area (Å²) in [6, 6.07) is 11.2. The van der Waals surface area contributed by atoms with Gasteiger partial charge in [0.25, 0.3) is 0 Å². The molecular weight excluding hydrogens is 265 g/mol. The van der Waals surface area contributed by atoms with Crippen LogP contribution in [0.4, 0.5) is 4.39 Å².